The number of nitrogens with two attached hydrogens (primary N) is 1. The summed E-state index contributed by atoms with van der Waals surface area (Å²) in [4.78, 5) is 23.1. The van der Waals surface area contributed by atoms with Crippen LogP contribution in [-0.2, 0) is 11.2 Å². The lowest BCUT2D eigenvalue weighted by Gasteiger charge is -2.11. The van der Waals surface area contributed by atoms with E-state index in [0.29, 0.717) is 13.0 Å². The van der Waals surface area contributed by atoms with Gasteiger partial charge in [-0.25, -0.2) is 0 Å². The SMILES string of the molecule is NC(=O)COc1ccccc1C(=O)NCCc1ccc(OC(F)F)cc1. The Morgan fingerprint density at radius 1 is 1.08 bits per heavy atom. The highest BCUT2D eigenvalue weighted by molar-refractivity contribution is 5.97. The maximum Gasteiger partial charge on any atom is 0.387 e. The van der Waals surface area contributed by atoms with Crippen molar-refractivity contribution >= 4 is 11.8 Å². The van der Waals surface area contributed by atoms with Crippen LogP contribution >= 0.6 is 0 Å². The minimum atomic E-state index is -2.86. The zero-order chi connectivity index (χ0) is 18.9. The van der Waals surface area contributed by atoms with Gasteiger partial charge in [0.1, 0.15) is 11.5 Å². The Bertz CT molecular complexity index is 751. The summed E-state index contributed by atoms with van der Waals surface area (Å²) in [5.74, 6) is -0.659. The molecule has 0 radical (unpaired) electrons. The molecule has 2 amide bonds. The number of carbonyl (C=O) groups excluding carboxylic acids is 2. The molecule has 2 rings (SSSR count). The van der Waals surface area contributed by atoms with E-state index in [9.17, 15) is 18.4 Å². The molecule has 0 aliphatic carbocycles. The van der Waals surface area contributed by atoms with E-state index in [2.05, 4.69) is 10.1 Å². The van der Waals surface area contributed by atoms with Crippen molar-refractivity contribution in [1.82, 2.24) is 5.32 Å². The van der Waals surface area contributed by atoms with Crippen molar-refractivity contribution < 1.29 is 27.8 Å². The first-order valence-corrected chi connectivity index (χ1v) is 7.78. The molecule has 138 valence electrons. The van der Waals surface area contributed by atoms with Gasteiger partial charge in [-0.05, 0) is 36.2 Å². The fraction of sp³-hybridized carbons (Fsp3) is 0.222. The number of nitrogens with one attached hydrogen (secondary N) is 1. The first-order chi connectivity index (χ1) is 12.5. The molecule has 0 saturated carbocycles. The van der Waals surface area contributed by atoms with Crippen molar-refractivity contribution in [2.75, 3.05) is 13.2 Å². The Hall–Kier alpha value is -3.16. The predicted octanol–water partition coefficient (Wildman–Crippen LogP) is 2.12. The molecule has 26 heavy (non-hydrogen) atoms. The summed E-state index contributed by atoms with van der Waals surface area (Å²) in [5, 5.41) is 2.74. The molecule has 0 atom stereocenters. The van der Waals surface area contributed by atoms with Crippen molar-refractivity contribution in [3.05, 3.63) is 59.7 Å². The minimum absolute atomic E-state index is 0.0771. The third-order valence-corrected chi connectivity index (χ3v) is 3.35. The number of hydrogen-bond donors (Lipinski definition) is 2. The summed E-state index contributed by atoms with van der Waals surface area (Å²) in [7, 11) is 0. The minimum Gasteiger partial charge on any atom is -0.483 e. The highest BCUT2D eigenvalue weighted by Crippen LogP contribution is 2.18. The maximum absolute atomic E-state index is 12.3. The third kappa shape index (κ3) is 6.04. The summed E-state index contributed by atoms with van der Waals surface area (Å²) in [6, 6.07) is 12.7. The molecule has 0 bridgehead atoms. The zero-order valence-corrected chi connectivity index (χ0v) is 13.8. The molecule has 0 fully saturated rings. The van der Waals surface area contributed by atoms with E-state index >= 15 is 0 Å². The van der Waals surface area contributed by atoms with Crippen molar-refractivity contribution in [2.45, 2.75) is 13.0 Å². The average molecular weight is 364 g/mol. The van der Waals surface area contributed by atoms with Crippen LogP contribution < -0.4 is 20.5 Å². The first-order valence-electron chi connectivity index (χ1n) is 7.78. The van der Waals surface area contributed by atoms with Gasteiger partial charge in [0.15, 0.2) is 6.61 Å². The number of carbonyl (C=O) groups is 2. The van der Waals surface area contributed by atoms with Gasteiger partial charge in [0, 0.05) is 6.54 Å². The monoisotopic (exact) mass is 364 g/mol. The number of primary amides is 1. The van der Waals surface area contributed by atoms with E-state index in [-0.39, 0.29) is 29.6 Å². The third-order valence-electron chi connectivity index (χ3n) is 3.35. The Labute approximate surface area is 148 Å². The number of halogens is 2. The van der Waals surface area contributed by atoms with E-state index in [1.807, 2.05) is 0 Å². The van der Waals surface area contributed by atoms with Crippen LogP contribution in [0.25, 0.3) is 0 Å². The second kappa shape index (κ2) is 9.36. The molecular weight excluding hydrogens is 346 g/mol. The molecule has 0 unspecified atom stereocenters. The molecule has 2 aromatic carbocycles. The van der Waals surface area contributed by atoms with Crippen LogP contribution in [-0.4, -0.2) is 31.6 Å². The molecule has 3 N–H and O–H groups in total. The van der Waals surface area contributed by atoms with Crippen LogP contribution in [0.4, 0.5) is 8.78 Å². The highest BCUT2D eigenvalue weighted by Gasteiger charge is 2.12. The van der Waals surface area contributed by atoms with Crippen LogP contribution in [0.5, 0.6) is 11.5 Å². The van der Waals surface area contributed by atoms with Gasteiger partial charge >= 0.3 is 6.61 Å². The summed E-state index contributed by atoms with van der Waals surface area (Å²) < 4.78 is 33.7. The van der Waals surface area contributed by atoms with Gasteiger partial charge < -0.3 is 20.5 Å². The number of rotatable bonds is 9. The lowest BCUT2D eigenvalue weighted by Crippen LogP contribution is -2.27. The second-order valence-electron chi connectivity index (χ2n) is 5.28. The van der Waals surface area contributed by atoms with Crippen LogP contribution in [0.1, 0.15) is 15.9 Å². The van der Waals surface area contributed by atoms with Crippen LogP contribution in [0, 0.1) is 0 Å². The molecule has 0 saturated heterocycles. The number of ether oxygens (including phenoxy) is 2. The van der Waals surface area contributed by atoms with Gasteiger partial charge in [0.05, 0.1) is 5.56 Å². The molecule has 6 nitrogen and oxygen atoms in total. The van der Waals surface area contributed by atoms with Gasteiger partial charge in [-0.15, -0.1) is 0 Å². The summed E-state index contributed by atoms with van der Waals surface area (Å²) >= 11 is 0. The van der Waals surface area contributed by atoms with E-state index in [1.165, 1.54) is 12.1 Å². The van der Waals surface area contributed by atoms with Crippen LogP contribution in [0.15, 0.2) is 48.5 Å². The smallest absolute Gasteiger partial charge is 0.387 e. The van der Waals surface area contributed by atoms with Gasteiger partial charge in [-0.2, -0.15) is 8.78 Å². The lowest BCUT2D eigenvalue weighted by molar-refractivity contribution is -0.119. The fourth-order valence-electron chi connectivity index (χ4n) is 2.18. The summed E-state index contributed by atoms with van der Waals surface area (Å²) in [6.07, 6.45) is 0.505. The van der Waals surface area contributed by atoms with Crippen molar-refractivity contribution in [3.63, 3.8) is 0 Å². The fourth-order valence-corrected chi connectivity index (χ4v) is 2.18. The topological polar surface area (TPSA) is 90.7 Å². The molecule has 8 heteroatoms. The number of amides is 2. The van der Waals surface area contributed by atoms with Crippen molar-refractivity contribution in [2.24, 2.45) is 5.73 Å². The van der Waals surface area contributed by atoms with E-state index in [0.717, 1.165) is 5.56 Å². The number of para-hydroxylation sites is 1. The Balaban J connectivity index is 1.88. The highest BCUT2D eigenvalue weighted by atomic mass is 19.3. The predicted molar refractivity (Wildman–Crippen MR) is 90.2 cm³/mol. The maximum atomic E-state index is 12.3. The first kappa shape index (κ1) is 19.2. The summed E-state index contributed by atoms with van der Waals surface area (Å²) in [5.41, 5.74) is 6.17. The van der Waals surface area contributed by atoms with Crippen molar-refractivity contribution in [3.8, 4) is 11.5 Å². The second-order valence-corrected chi connectivity index (χ2v) is 5.28. The Kier molecular flexibility index (Phi) is 6.90. The standard InChI is InChI=1S/C18H18F2N2O4/c19-18(20)26-13-7-5-12(6-8-13)9-10-22-17(24)14-3-1-2-4-15(14)25-11-16(21)23/h1-8,18H,9-11H2,(H2,21,23)(H,22,24). The number of hydrogen-bond acceptors (Lipinski definition) is 4. The molecule has 0 aromatic heterocycles. The van der Waals surface area contributed by atoms with Gasteiger partial charge in [0.25, 0.3) is 11.8 Å². The quantitative estimate of drug-likeness (QED) is 0.713. The lowest BCUT2D eigenvalue weighted by atomic mass is 10.1. The number of benzene rings is 2. The molecule has 2 aromatic rings. The summed E-state index contributed by atoms with van der Waals surface area (Å²) in [6.45, 7) is -2.85. The molecule has 0 spiro atoms. The largest absolute Gasteiger partial charge is 0.483 e. The normalized spacial score (nSPS) is 10.4. The molecular formula is C18H18F2N2O4. The van der Waals surface area contributed by atoms with E-state index in [1.54, 1.807) is 36.4 Å². The van der Waals surface area contributed by atoms with Crippen LogP contribution in [0.3, 0.4) is 0 Å². The van der Waals surface area contributed by atoms with Crippen LogP contribution in [0.2, 0.25) is 0 Å². The van der Waals surface area contributed by atoms with Gasteiger partial charge in [-0.1, -0.05) is 24.3 Å². The van der Waals surface area contributed by atoms with E-state index in [4.69, 9.17) is 10.5 Å². The van der Waals surface area contributed by atoms with Gasteiger partial charge in [0.2, 0.25) is 0 Å². The van der Waals surface area contributed by atoms with Crippen molar-refractivity contribution in [1.29, 1.82) is 0 Å². The molecule has 0 aliphatic heterocycles. The zero-order valence-electron chi connectivity index (χ0n) is 13.8. The Morgan fingerprint density at radius 3 is 2.42 bits per heavy atom. The van der Waals surface area contributed by atoms with E-state index < -0.39 is 12.5 Å². The Morgan fingerprint density at radius 2 is 1.77 bits per heavy atom. The molecule has 0 aliphatic rings. The molecule has 0 heterocycles. The van der Waals surface area contributed by atoms with Gasteiger partial charge in [-0.3, -0.25) is 9.59 Å². The number of alkyl halides is 2. The average Bonchev–Trinajstić information content (AvgIpc) is 2.61.